The topological polar surface area (TPSA) is 84.3 Å². The van der Waals surface area contributed by atoms with Crippen LogP contribution in [0.1, 0.15) is 10.4 Å². The van der Waals surface area contributed by atoms with Crippen molar-refractivity contribution >= 4 is 21.7 Å². The highest BCUT2D eigenvalue weighted by atomic mass is 79.9. The molecule has 0 N–H and O–H groups in total. The zero-order valence-corrected chi connectivity index (χ0v) is 10.8. The average Bonchev–Trinajstić information content (AvgIpc) is 2.37. The highest BCUT2D eigenvalue weighted by Gasteiger charge is 2.17. The van der Waals surface area contributed by atoms with Crippen molar-refractivity contribution in [2.45, 2.75) is 4.95 Å². The normalized spacial score (nSPS) is 11.2. The molecular formula is C10H10BrN3O3. The quantitative estimate of drug-likeness (QED) is 0.209. The van der Waals surface area contributed by atoms with Crippen LogP contribution in [0, 0.1) is 0 Å². The second-order valence-corrected chi connectivity index (χ2v) is 3.84. The highest BCUT2D eigenvalue weighted by Crippen LogP contribution is 2.28. The number of nitrogens with zero attached hydrogens (tertiary/aromatic N) is 3. The van der Waals surface area contributed by atoms with Gasteiger partial charge in [-0.05, 0) is 23.7 Å². The number of hydrogen-bond acceptors (Lipinski definition) is 4. The molecule has 0 radical (unpaired) electrons. The molecule has 7 heteroatoms. The first-order chi connectivity index (χ1) is 8.13. The van der Waals surface area contributed by atoms with Gasteiger partial charge in [0.05, 0.1) is 14.2 Å². The minimum atomic E-state index is -0.925. The molecule has 1 aromatic rings. The number of alkyl halides is 1. The number of benzene rings is 1. The van der Waals surface area contributed by atoms with Gasteiger partial charge in [0, 0.05) is 10.5 Å². The maximum Gasteiger partial charge on any atom is 0.182 e. The van der Waals surface area contributed by atoms with Crippen molar-refractivity contribution in [3.05, 3.63) is 34.2 Å². The molecule has 0 aliphatic rings. The number of halogens is 1. The molecule has 0 saturated carbocycles. The van der Waals surface area contributed by atoms with Gasteiger partial charge in [-0.2, -0.15) is 0 Å². The number of carbonyl (C=O) groups excluding carboxylic acids is 1. The van der Waals surface area contributed by atoms with Crippen LogP contribution in [0.2, 0.25) is 0 Å². The number of azide groups is 1. The van der Waals surface area contributed by atoms with Gasteiger partial charge in [-0.15, -0.1) is 0 Å². The summed E-state index contributed by atoms with van der Waals surface area (Å²) >= 11 is 2.98. The number of hydrogen-bond donors (Lipinski definition) is 0. The number of ketones is 1. The van der Waals surface area contributed by atoms with Crippen LogP contribution in [0.4, 0.5) is 0 Å². The molecule has 1 unspecified atom stereocenters. The van der Waals surface area contributed by atoms with Gasteiger partial charge in [0.25, 0.3) is 0 Å². The third kappa shape index (κ3) is 3.12. The van der Waals surface area contributed by atoms with Crippen LogP contribution in [-0.4, -0.2) is 25.0 Å². The van der Waals surface area contributed by atoms with Crippen molar-refractivity contribution < 1.29 is 14.3 Å². The molecule has 6 nitrogen and oxygen atoms in total. The Morgan fingerprint density at radius 2 is 2.06 bits per heavy atom. The first-order valence-corrected chi connectivity index (χ1v) is 5.50. The lowest BCUT2D eigenvalue weighted by Crippen LogP contribution is -2.11. The Kier molecular flexibility index (Phi) is 4.81. The number of Topliss-reactive ketones (excluding diaryl/α,β-unsaturated/α-hetero) is 1. The van der Waals surface area contributed by atoms with E-state index in [1.165, 1.54) is 20.3 Å². The third-order valence-electron chi connectivity index (χ3n) is 2.04. The molecular weight excluding hydrogens is 290 g/mol. The number of carbonyl (C=O) groups is 1. The van der Waals surface area contributed by atoms with E-state index in [1.807, 2.05) is 0 Å². The Morgan fingerprint density at radius 3 is 2.59 bits per heavy atom. The molecule has 0 bridgehead atoms. The number of ether oxygens (including phenoxy) is 2. The predicted molar refractivity (Wildman–Crippen MR) is 65.7 cm³/mol. The Morgan fingerprint density at radius 1 is 1.41 bits per heavy atom. The standard InChI is InChI=1S/C10H10BrN3O3/c1-16-7-4-3-6(5-8(7)17-2)9(15)10(11)13-14-12/h3-5,10H,1-2H3. The Bertz CT molecular complexity index is 472. The van der Waals surface area contributed by atoms with Crippen molar-refractivity contribution in [3.8, 4) is 11.5 Å². The van der Waals surface area contributed by atoms with Gasteiger partial charge in [-0.25, -0.2) is 0 Å². The van der Waals surface area contributed by atoms with Crippen LogP contribution >= 0.6 is 15.9 Å². The summed E-state index contributed by atoms with van der Waals surface area (Å²) < 4.78 is 10.1. The fourth-order valence-corrected chi connectivity index (χ4v) is 1.57. The average molecular weight is 300 g/mol. The van der Waals surface area contributed by atoms with Crippen molar-refractivity contribution in [2.75, 3.05) is 14.2 Å². The van der Waals surface area contributed by atoms with Crippen molar-refractivity contribution in [2.24, 2.45) is 5.11 Å². The molecule has 0 aromatic heterocycles. The van der Waals surface area contributed by atoms with Crippen LogP contribution in [0.15, 0.2) is 23.3 Å². The number of methoxy groups -OCH3 is 2. The van der Waals surface area contributed by atoms with Gasteiger partial charge in [0.2, 0.25) is 0 Å². The molecule has 1 rings (SSSR count). The smallest absolute Gasteiger partial charge is 0.182 e. The summed E-state index contributed by atoms with van der Waals surface area (Å²) in [5.41, 5.74) is 8.62. The fraction of sp³-hybridized carbons (Fsp3) is 0.300. The van der Waals surface area contributed by atoms with Gasteiger partial charge < -0.3 is 9.47 Å². The minimum absolute atomic E-state index is 0.344. The van der Waals surface area contributed by atoms with Crippen LogP contribution in [-0.2, 0) is 0 Å². The Hall–Kier alpha value is -1.72. The SMILES string of the molecule is COc1ccc(C(=O)C(Br)N=[N+]=[N-])cc1OC. The zero-order valence-electron chi connectivity index (χ0n) is 9.25. The molecule has 0 aliphatic heterocycles. The second-order valence-electron chi connectivity index (χ2n) is 2.97. The monoisotopic (exact) mass is 299 g/mol. The zero-order chi connectivity index (χ0) is 12.8. The van der Waals surface area contributed by atoms with E-state index in [-0.39, 0.29) is 5.78 Å². The predicted octanol–water partition coefficient (Wildman–Crippen LogP) is 2.92. The van der Waals surface area contributed by atoms with E-state index >= 15 is 0 Å². The maximum absolute atomic E-state index is 11.8. The summed E-state index contributed by atoms with van der Waals surface area (Å²) in [5.74, 6) is 0.627. The van der Waals surface area contributed by atoms with Crippen LogP contribution in [0.3, 0.4) is 0 Å². The van der Waals surface area contributed by atoms with Gasteiger partial charge in [-0.3, -0.25) is 4.79 Å². The van der Waals surface area contributed by atoms with E-state index in [0.717, 1.165) is 0 Å². The number of rotatable bonds is 5. The summed E-state index contributed by atoms with van der Waals surface area (Å²) in [7, 11) is 2.98. The van der Waals surface area contributed by atoms with E-state index < -0.39 is 4.95 Å². The largest absolute Gasteiger partial charge is 0.493 e. The third-order valence-corrected chi connectivity index (χ3v) is 2.64. The molecule has 0 heterocycles. The molecule has 0 aliphatic carbocycles. The molecule has 90 valence electrons. The summed E-state index contributed by atoms with van der Waals surface area (Å²) in [5, 5.41) is 3.27. The van der Waals surface area contributed by atoms with E-state index in [9.17, 15) is 4.79 Å². The molecule has 0 fully saturated rings. The van der Waals surface area contributed by atoms with Crippen LogP contribution < -0.4 is 9.47 Å². The molecule has 0 amide bonds. The van der Waals surface area contributed by atoms with Gasteiger partial charge >= 0.3 is 0 Å². The molecule has 0 spiro atoms. The fourth-order valence-electron chi connectivity index (χ4n) is 1.22. The maximum atomic E-state index is 11.8. The van der Waals surface area contributed by atoms with E-state index in [4.69, 9.17) is 15.0 Å². The Labute approximate surface area is 106 Å². The first-order valence-electron chi connectivity index (χ1n) is 4.58. The molecule has 17 heavy (non-hydrogen) atoms. The molecule has 1 atom stereocenters. The summed E-state index contributed by atoms with van der Waals surface area (Å²) in [4.78, 5) is 13.4. The van der Waals surface area contributed by atoms with Crippen LogP contribution in [0.5, 0.6) is 11.5 Å². The van der Waals surface area contributed by atoms with Crippen molar-refractivity contribution in [3.63, 3.8) is 0 Å². The van der Waals surface area contributed by atoms with Crippen LogP contribution in [0.25, 0.3) is 10.4 Å². The molecule has 0 saturated heterocycles. The lowest BCUT2D eigenvalue weighted by molar-refractivity contribution is 0.0992. The first kappa shape index (κ1) is 13.3. The summed E-state index contributed by atoms with van der Waals surface area (Å²) in [6, 6.07) is 4.72. The van der Waals surface area contributed by atoms with Gasteiger partial charge in [-0.1, -0.05) is 21.0 Å². The van der Waals surface area contributed by atoms with Crippen molar-refractivity contribution in [1.29, 1.82) is 0 Å². The highest BCUT2D eigenvalue weighted by molar-refractivity contribution is 9.10. The summed E-state index contributed by atoms with van der Waals surface area (Å²) in [6.45, 7) is 0. The van der Waals surface area contributed by atoms with Gasteiger partial charge in [0.15, 0.2) is 22.2 Å². The second kappa shape index (κ2) is 6.12. The van der Waals surface area contributed by atoms with E-state index in [0.29, 0.717) is 17.1 Å². The lowest BCUT2D eigenvalue weighted by atomic mass is 10.1. The van der Waals surface area contributed by atoms with E-state index in [1.54, 1.807) is 12.1 Å². The Balaban J connectivity index is 3.07. The summed E-state index contributed by atoms with van der Waals surface area (Å²) in [6.07, 6.45) is 0. The lowest BCUT2D eigenvalue weighted by Gasteiger charge is -2.09. The minimum Gasteiger partial charge on any atom is -0.493 e. The van der Waals surface area contributed by atoms with Gasteiger partial charge in [0.1, 0.15) is 0 Å². The van der Waals surface area contributed by atoms with Crippen molar-refractivity contribution in [1.82, 2.24) is 0 Å². The van der Waals surface area contributed by atoms with E-state index in [2.05, 4.69) is 26.0 Å². The molecule has 1 aromatic carbocycles.